The highest BCUT2D eigenvalue weighted by Gasteiger charge is 2.14. The lowest BCUT2D eigenvalue weighted by Gasteiger charge is -2.09. The highest BCUT2D eigenvalue weighted by Crippen LogP contribution is 2.30. The van der Waals surface area contributed by atoms with Gasteiger partial charge in [-0.2, -0.15) is 4.98 Å². The molecule has 2 aromatic rings. The number of nitro groups is 1. The van der Waals surface area contributed by atoms with Gasteiger partial charge < -0.3 is 9.84 Å². The SMILES string of the molecule is Cc1noc(CCNc2cc(Cl)c([N+](=O)[O-])cc2C)n1. The summed E-state index contributed by atoms with van der Waals surface area (Å²) in [4.78, 5) is 14.3. The third kappa shape index (κ3) is 3.24. The second kappa shape index (κ2) is 5.87. The standard InChI is InChI=1S/C12H13ClN4O3/c1-7-5-11(17(18)19)9(13)6-10(7)14-4-3-12-15-8(2)16-20-12/h5-6,14H,3-4H2,1-2H3. The van der Waals surface area contributed by atoms with E-state index in [0.717, 1.165) is 11.3 Å². The average Bonchev–Trinajstić information content (AvgIpc) is 2.78. The molecule has 1 aromatic carbocycles. The summed E-state index contributed by atoms with van der Waals surface area (Å²) in [5, 5.41) is 17.7. The van der Waals surface area contributed by atoms with Crippen LogP contribution in [0.2, 0.25) is 5.02 Å². The molecule has 0 amide bonds. The van der Waals surface area contributed by atoms with Crippen molar-refractivity contribution in [1.29, 1.82) is 0 Å². The zero-order valence-corrected chi connectivity index (χ0v) is 11.8. The average molecular weight is 297 g/mol. The van der Waals surface area contributed by atoms with Crippen molar-refractivity contribution in [3.05, 3.63) is 44.5 Å². The lowest BCUT2D eigenvalue weighted by atomic mass is 10.1. The maximum Gasteiger partial charge on any atom is 0.288 e. The van der Waals surface area contributed by atoms with Gasteiger partial charge in [-0.1, -0.05) is 16.8 Å². The van der Waals surface area contributed by atoms with Crippen molar-refractivity contribution in [2.45, 2.75) is 20.3 Å². The molecule has 7 nitrogen and oxygen atoms in total. The maximum absolute atomic E-state index is 10.8. The van der Waals surface area contributed by atoms with Crippen molar-refractivity contribution in [3.63, 3.8) is 0 Å². The monoisotopic (exact) mass is 296 g/mol. The summed E-state index contributed by atoms with van der Waals surface area (Å²) in [6, 6.07) is 3.00. The first-order valence-electron chi connectivity index (χ1n) is 5.95. The molecular weight excluding hydrogens is 284 g/mol. The third-order valence-electron chi connectivity index (χ3n) is 2.71. The van der Waals surface area contributed by atoms with Gasteiger partial charge in [0.1, 0.15) is 5.02 Å². The van der Waals surface area contributed by atoms with Crippen molar-refractivity contribution in [2.75, 3.05) is 11.9 Å². The van der Waals surface area contributed by atoms with E-state index in [0.29, 0.717) is 24.7 Å². The number of nitrogens with one attached hydrogen (secondary N) is 1. The zero-order chi connectivity index (χ0) is 14.7. The fourth-order valence-corrected chi connectivity index (χ4v) is 1.97. The van der Waals surface area contributed by atoms with Gasteiger partial charge in [0, 0.05) is 24.7 Å². The lowest BCUT2D eigenvalue weighted by Crippen LogP contribution is -2.06. The normalized spacial score (nSPS) is 10.6. The summed E-state index contributed by atoms with van der Waals surface area (Å²) in [6.45, 7) is 4.10. The Morgan fingerprint density at radius 1 is 1.45 bits per heavy atom. The molecule has 0 fully saturated rings. The number of rotatable bonds is 5. The highest BCUT2D eigenvalue weighted by molar-refractivity contribution is 6.33. The molecule has 0 radical (unpaired) electrons. The van der Waals surface area contributed by atoms with Gasteiger partial charge in [-0.05, 0) is 25.5 Å². The summed E-state index contributed by atoms with van der Waals surface area (Å²) in [5.41, 5.74) is 1.40. The second-order valence-corrected chi connectivity index (χ2v) is 4.69. The second-order valence-electron chi connectivity index (χ2n) is 4.29. The Bertz CT molecular complexity index is 642. The quantitative estimate of drug-likeness (QED) is 0.673. The van der Waals surface area contributed by atoms with E-state index in [1.54, 1.807) is 19.9 Å². The number of hydrogen-bond acceptors (Lipinski definition) is 6. The minimum Gasteiger partial charge on any atom is -0.384 e. The van der Waals surface area contributed by atoms with Crippen LogP contribution in [-0.2, 0) is 6.42 Å². The molecule has 0 aliphatic heterocycles. The Kier molecular flexibility index (Phi) is 4.19. The molecule has 20 heavy (non-hydrogen) atoms. The van der Waals surface area contributed by atoms with Gasteiger partial charge in [0.2, 0.25) is 5.89 Å². The topological polar surface area (TPSA) is 94.1 Å². The predicted molar refractivity (Wildman–Crippen MR) is 74.1 cm³/mol. The van der Waals surface area contributed by atoms with Gasteiger partial charge in [0.05, 0.1) is 4.92 Å². The van der Waals surface area contributed by atoms with E-state index < -0.39 is 4.92 Å². The van der Waals surface area contributed by atoms with Gasteiger partial charge in [-0.3, -0.25) is 10.1 Å². The smallest absolute Gasteiger partial charge is 0.288 e. The Morgan fingerprint density at radius 2 is 2.20 bits per heavy atom. The first-order chi connectivity index (χ1) is 9.47. The van der Waals surface area contributed by atoms with Gasteiger partial charge in [-0.15, -0.1) is 0 Å². The Morgan fingerprint density at radius 3 is 2.80 bits per heavy atom. The van der Waals surface area contributed by atoms with E-state index >= 15 is 0 Å². The first kappa shape index (κ1) is 14.3. The molecule has 106 valence electrons. The number of aromatic nitrogens is 2. The molecule has 0 spiro atoms. The van der Waals surface area contributed by atoms with Gasteiger partial charge in [-0.25, -0.2) is 0 Å². The van der Waals surface area contributed by atoms with Gasteiger partial charge in [0.15, 0.2) is 5.82 Å². The molecule has 0 saturated heterocycles. The number of anilines is 1. The fraction of sp³-hybridized carbons (Fsp3) is 0.333. The molecular formula is C12H13ClN4O3. The molecule has 0 bridgehead atoms. The Hall–Kier alpha value is -2.15. The largest absolute Gasteiger partial charge is 0.384 e. The van der Waals surface area contributed by atoms with Crippen LogP contribution in [0.4, 0.5) is 11.4 Å². The molecule has 1 aromatic heterocycles. The highest BCUT2D eigenvalue weighted by atomic mass is 35.5. The summed E-state index contributed by atoms with van der Waals surface area (Å²) < 4.78 is 4.99. The molecule has 0 saturated carbocycles. The van der Waals surface area contributed by atoms with Crippen molar-refractivity contribution < 1.29 is 9.45 Å². The minimum atomic E-state index is -0.500. The first-order valence-corrected chi connectivity index (χ1v) is 6.33. The molecule has 0 unspecified atom stereocenters. The Balaban J connectivity index is 2.03. The van der Waals surface area contributed by atoms with Gasteiger partial charge in [0.25, 0.3) is 5.69 Å². The number of nitro benzene ring substituents is 1. The van der Waals surface area contributed by atoms with Crippen LogP contribution in [0.25, 0.3) is 0 Å². The number of hydrogen-bond donors (Lipinski definition) is 1. The van der Waals surface area contributed by atoms with E-state index in [-0.39, 0.29) is 10.7 Å². The van der Waals surface area contributed by atoms with E-state index in [4.69, 9.17) is 16.1 Å². The minimum absolute atomic E-state index is 0.0951. The van der Waals surface area contributed by atoms with Crippen LogP contribution >= 0.6 is 11.6 Å². The van der Waals surface area contributed by atoms with Gasteiger partial charge >= 0.3 is 0 Å². The number of aryl methyl sites for hydroxylation is 2. The number of benzene rings is 1. The molecule has 1 heterocycles. The maximum atomic E-state index is 10.8. The van der Waals surface area contributed by atoms with E-state index in [1.807, 2.05) is 0 Å². The van der Waals surface area contributed by atoms with Crippen LogP contribution in [0, 0.1) is 24.0 Å². The predicted octanol–water partition coefficient (Wildman–Crippen LogP) is 2.90. The zero-order valence-electron chi connectivity index (χ0n) is 11.0. The van der Waals surface area contributed by atoms with E-state index in [1.165, 1.54) is 6.07 Å². The molecule has 0 aliphatic rings. The van der Waals surface area contributed by atoms with Crippen LogP contribution in [0.5, 0.6) is 0 Å². The van der Waals surface area contributed by atoms with Crippen molar-refractivity contribution in [3.8, 4) is 0 Å². The van der Waals surface area contributed by atoms with Crippen LogP contribution in [0.15, 0.2) is 16.7 Å². The van der Waals surface area contributed by atoms with Crippen molar-refractivity contribution >= 4 is 23.0 Å². The Labute approximate surface area is 120 Å². The molecule has 0 atom stereocenters. The summed E-state index contributed by atoms with van der Waals surface area (Å²) >= 11 is 5.87. The fourth-order valence-electron chi connectivity index (χ4n) is 1.74. The van der Waals surface area contributed by atoms with Crippen LogP contribution in [-0.4, -0.2) is 21.6 Å². The third-order valence-corrected chi connectivity index (χ3v) is 3.02. The lowest BCUT2D eigenvalue weighted by molar-refractivity contribution is -0.384. The summed E-state index contributed by atoms with van der Waals surface area (Å²) in [5.74, 6) is 1.13. The number of nitrogens with zero attached hydrogens (tertiary/aromatic N) is 3. The van der Waals surface area contributed by atoms with Crippen molar-refractivity contribution in [2.24, 2.45) is 0 Å². The molecule has 1 N–H and O–H groups in total. The van der Waals surface area contributed by atoms with E-state index in [9.17, 15) is 10.1 Å². The number of halogens is 1. The summed E-state index contributed by atoms with van der Waals surface area (Å²) in [6.07, 6.45) is 0.564. The van der Waals surface area contributed by atoms with Crippen LogP contribution < -0.4 is 5.32 Å². The molecule has 2 rings (SSSR count). The van der Waals surface area contributed by atoms with Crippen LogP contribution in [0.1, 0.15) is 17.3 Å². The van der Waals surface area contributed by atoms with Crippen LogP contribution in [0.3, 0.4) is 0 Å². The van der Waals surface area contributed by atoms with E-state index in [2.05, 4.69) is 15.5 Å². The van der Waals surface area contributed by atoms with Crippen molar-refractivity contribution in [1.82, 2.24) is 10.1 Å². The summed E-state index contributed by atoms with van der Waals surface area (Å²) in [7, 11) is 0. The molecule has 0 aliphatic carbocycles. The molecule has 8 heteroatoms.